The van der Waals surface area contributed by atoms with E-state index in [9.17, 15) is 4.79 Å². The third kappa shape index (κ3) is 10.3. The number of methoxy groups -OCH3 is 1. The van der Waals surface area contributed by atoms with Gasteiger partial charge in [0.05, 0.1) is 13.7 Å². The largest absolute Gasteiger partial charge is 0.469 e. The fraction of sp³-hybridized carbons (Fsp3) is 0.824. The Morgan fingerprint density at radius 1 is 1.14 bits per heavy atom. The third-order valence-electron chi connectivity index (χ3n) is 3.45. The average molecular weight is 296 g/mol. The van der Waals surface area contributed by atoms with Gasteiger partial charge in [-0.05, 0) is 32.1 Å². The van der Waals surface area contributed by atoms with E-state index in [0.717, 1.165) is 58.0 Å². The highest BCUT2D eigenvalue weighted by molar-refractivity contribution is 5.68. The minimum absolute atomic E-state index is 0.00430. The lowest BCUT2D eigenvalue weighted by Crippen LogP contribution is -2.22. The second-order valence-electron chi connectivity index (χ2n) is 5.26. The highest BCUT2D eigenvalue weighted by atomic mass is 16.7. The highest BCUT2D eigenvalue weighted by Gasteiger charge is 2.12. The van der Waals surface area contributed by atoms with Crippen molar-refractivity contribution in [1.82, 2.24) is 0 Å². The Hall–Kier alpha value is -1.05. The van der Waals surface area contributed by atoms with Crippen LogP contribution in [0.3, 0.4) is 0 Å². The van der Waals surface area contributed by atoms with Crippen molar-refractivity contribution in [2.45, 2.75) is 70.5 Å². The fourth-order valence-corrected chi connectivity index (χ4v) is 2.20. The fourth-order valence-electron chi connectivity index (χ4n) is 2.20. The van der Waals surface area contributed by atoms with Crippen LogP contribution in [-0.2, 0) is 19.0 Å². The van der Waals surface area contributed by atoms with Gasteiger partial charge in [0.25, 0.3) is 0 Å². The smallest absolute Gasteiger partial charge is 0.305 e. The van der Waals surface area contributed by atoms with Gasteiger partial charge in [-0.2, -0.15) is 0 Å². The number of ether oxygens (including phenoxy) is 3. The topological polar surface area (TPSA) is 44.8 Å². The van der Waals surface area contributed by atoms with Crippen molar-refractivity contribution in [3.05, 3.63) is 0 Å². The van der Waals surface area contributed by atoms with Gasteiger partial charge in [-0.3, -0.25) is 4.79 Å². The molecule has 0 amide bonds. The molecular formula is C17H28O4. The van der Waals surface area contributed by atoms with Crippen molar-refractivity contribution >= 4 is 5.97 Å². The molecule has 0 aromatic rings. The summed E-state index contributed by atoms with van der Waals surface area (Å²) in [6.45, 7) is 1.49. The molecule has 1 heterocycles. The number of carbonyl (C=O) groups is 1. The Labute approximate surface area is 128 Å². The predicted molar refractivity (Wildman–Crippen MR) is 81.7 cm³/mol. The van der Waals surface area contributed by atoms with Crippen molar-refractivity contribution in [1.29, 1.82) is 0 Å². The van der Waals surface area contributed by atoms with Gasteiger partial charge < -0.3 is 14.2 Å². The summed E-state index contributed by atoms with van der Waals surface area (Å²) in [4.78, 5) is 10.9. The van der Waals surface area contributed by atoms with Crippen molar-refractivity contribution in [2.24, 2.45) is 0 Å². The normalized spacial score (nSPS) is 17.9. The van der Waals surface area contributed by atoms with Crippen LogP contribution >= 0.6 is 0 Å². The molecule has 21 heavy (non-hydrogen) atoms. The van der Waals surface area contributed by atoms with E-state index in [-0.39, 0.29) is 12.3 Å². The molecule has 1 aliphatic heterocycles. The third-order valence-corrected chi connectivity index (χ3v) is 3.45. The minimum atomic E-state index is -0.114. The number of rotatable bonds is 9. The zero-order valence-corrected chi connectivity index (χ0v) is 13.2. The summed E-state index contributed by atoms with van der Waals surface area (Å²) in [6.07, 6.45) is 9.80. The molecule has 1 saturated heterocycles. The first-order chi connectivity index (χ1) is 10.3. The number of carbonyl (C=O) groups excluding carboxylic acids is 1. The van der Waals surface area contributed by atoms with Gasteiger partial charge >= 0.3 is 5.97 Å². The van der Waals surface area contributed by atoms with Gasteiger partial charge in [0, 0.05) is 25.9 Å². The quantitative estimate of drug-likeness (QED) is 0.371. The minimum Gasteiger partial charge on any atom is -0.469 e. The van der Waals surface area contributed by atoms with E-state index in [1.165, 1.54) is 13.5 Å². The molecule has 0 aromatic carbocycles. The summed E-state index contributed by atoms with van der Waals surface area (Å²) in [7, 11) is 1.43. The van der Waals surface area contributed by atoms with E-state index in [1.807, 2.05) is 0 Å². The van der Waals surface area contributed by atoms with Crippen molar-refractivity contribution in [3.63, 3.8) is 0 Å². The number of hydrogen-bond acceptors (Lipinski definition) is 4. The van der Waals surface area contributed by atoms with E-state index >= 15 is 0 Å². The molecule has 120 valence electrons. The zero-order valence-electron chi connectivity index (χ0n) is 13.2. The average Bonchev–Trinajstić information content (AvgIpc) is 2.53. The molecule has 1 fully saturated rings. The summed E-state index contributed by atoms with van der Waals surface area (Å²) in [6, 6.07) is 0. The van der Waals surface area contributed by atoms with Crippen molar-refractivity contribution in [3.8, 4) is 11.8 Å². The predicted octanol–water partition coefficient (Wildman–Crippen LogP) is 3.44. The number of esters is 1. The van der Waals surface area contributed by atoms with Gasteiger partial charge in [0.15, 0.2) is 6.29 Å². The molecule has 0 saturated carbocycles. The lowest BCUT2D eigenvalue weighted by Gasteiger charge is -2.22. The van der Waals surface area contributed by atoms with Crippen LogP contribution in [0.4, 0.5) is 0 Å². The van der Waals surface area contributed by atoms with Crippen LogP contribution in [0.2, 0.25) is 0 Å². The maximum Gasteiger partial charge on any atom is 0.305 e. The monoisotopic (exact) mass is 296 g/mol. The Balaban J connectivity index is 1.83. The van der Waals surface area contributed by atoms with Crippen LogP contribution in [-0.4, -0.2) is 32.6 Å². The van der Waals surface area contributed by atoms with Crippen LogP contribution < -0.4 is 0 Å². The molecule has 0 N–H and O–H groups in total. The molecule has 1 rings (SSSR count). The molecule has 0 bridgehead atoms. The summed E-state index contributed by atoms with van der Waals surface area (Å²) < 4.78 is 15.7. The number of hydrogen-bond donors (Lipinski definition) is 0. The summed E-state index contributed by atoms with van der Waals surface area (Å²) in [5.41, 5.74) is 0. The molecule has 0 radical (unpaired) electrons. The Kier molecular flexibility index (Phi) is 10.9. The van der Waals surface area contributed by atoms with Gasteiger partial charge in [-0.1, -0.05) is 12.8 Å². The Bertz CT molecular complexity index is 323. The first-order valence-electron chi connectivity index (χ1n) is 8.08. The Morgan fingerprint density at radius 3 is 2.71 bits per heavy atom. The first kappa shape index (κ1) is 18.0. The summed E-state index contributed by atoms with van der Waals surface area (Å²) in [5, 5.41) is 0. The van der Waals surface area contributed by atoms with Crippen LogP contribution in [0.1, 0.15) is 64.2 Å². The maximum atomic E-state index is 10.9. The molecule has 0 aliphatic carbocycles. The van der Waals surface area contributed by atoms with Crippen LogP contribution in [0.5, 0.6) is 0 Å². The molecule has 1 atom stereocenters. The van der Waals surface area contributed by atoms with Gasteiger partial charge in [0.2, 0.25) is 0 Å². The lowest BCUT2D eigenvalue weighted by atomic mass is 10.1. The molecule has 0 spiro atoms. The highest BCUT2D eigenvalue weighted by Crippen LogP contribution is 2.13. The van der Waals surface area contributed by atoms with Crippen molar-refractivity contribution < 1.29 is 19.0 Å². The SMILES string of the molecule is COC(=O)CCCCCCC#CCCOC1CCCCO1. The molecule has 0 aromatic heterocycles. The van der Waals surface area contributed by atoms with Gasteiger partial charge in [0.1, 0.15) is 0 Å². The van der Waals surface area contributed by atoms with Crippen molar-refractivity contribution in [2.75, 3.05) is 20.3 Å². The second kappa shape index (κ2) is 12.7. The molecular weight excluding hydrogens is 268 g/mol. The maximum absolute atomic E-state index is 10.9. The molecule has 1 aliphatic rings. The molecule has 4 heteroatoms. The van der Waals surface area contributed by atoms with Crippen LogP contribution in [0.25, 0.3) is 0 Å². The van der Waals surface area contributed by atoms with Gasteiger partial charge in [-0.15, -0.1) is 11.8 Å². The lowest BCUT2D eigenvalue weighted by molar-refractivity contribution is -0.161. The first-order valence-corrected chi connectivity index (χ1v) is 8.08. The zero-order chi connectivity index (χ0) is 15.2. The summed E-state index contributed by atoms with van der Waals surface area (Å²) >= 11 is 0. The van der Waals surface area contributed by atoms with E-state index in [0.29, 0.717) is 13.0 Å². The van der Waals surface area contributed by atoms with Crippen LogP contribution in [0, 0.1) is 11.8 Å². The summed E-state index contributed by atoms with van der Waals surface area (Å²) in [5.74, 6) is 6.20. The number of unbranched alkanes of at least 4 members (excludes halogenated alkanes) is 4. The molecule has 4 nitrogen and oxygen atoms in total. The van der Waals surface area contributed by atoms with Crippen LogP contribution in [0.15, 0.2) is 0 Å². The van der Waals surface area contributed by atoms with Gasteiger partial charge in [-0.25, -0.2) is 0 Å². The van der Waals surface area contributed by atoms with E-state index in [2.05, 4.69) is 16.6 Å². The Morgan fingerprint density at radius 2 is 1.95 bits per heavy atom. The van der Waals surface area contributed by atoms with E-state index < -0.39 is 0 Å². The van der Waals surface area contributed by atoms with E-state index in [1.54, 1.807) is 0 Å². The second-order valence-corrected chi connectivity index (χ2v) is 5.26. The van der Waals surface area contributed by atoms with E-state index in [4.69, 9.17) is 9.47 Å². The standard InChI is InChI=1S/C17H28O4/c1-19-16(18)12-8-6-4-2-3-5-7-10-14-20-17-13-9-11-15-21-17/h17H,2-4,6,8-15H2,1H3. The molecule has 1 unspecified atom stereocenters.